The summed E-state index contributed by atoms with van der Waals surface area (Å²) >= 11 is 0. The van der Waals surface area contributed by atoms with E-state index in [-0.39, 0.29) is 38.6 Å². The minimum absolute atomic E-state index is 0.0505. The van der Waals surface area contributed by atoms with Crippen LogP contribution in [0.25, 0.3) is 0 Å². The number of unbranched alkanes of at least 4 members (excludes halogenated alkanes) is 42. The molecule has 0 saturated carbocycles. The van der Waals surface area contributed by atoms with Crippen molar-refractivity contribution in [2.45, 2.75) is 367 Å². The van der Waals surface area contributed by atoms with Gasteiger partial charge < -0.3 is 20.1 Å². The molecule has 2 atom stereocenters. The first-order valence-electron chi connectivity index (χ1n) is 37.7. The van der Waals surface area contributed by atoms with Crippen LogP contribution in [0.4, 0.5) is 0 Å². The Labute approximate surface area is 550 Å². The Morgan fingerprint density at radius 1 is 0.348 bits per heavy atom. The molecule has 0 aliphatic carbocycles. The summed E-state index contributed by atoms with van der Waals surface area (Å²) in [6.45, 7) is 3.68. The third-order valence-corrected chi connectivity index (χ3v) is 17.5. The van der Waals surface area contributed by atoms with Crippen LogP contribution in [0.15, 0.2) is 97.2 Å². The van der Waals surface area contributed by atoms with Gasteiger partial charge in [0.1, 0.15) is 6.61 Å². The smallest absolute Gasteiger partial charge is 0.462 e. The number of allylic oxidation sites excluding steroid dienone is 16. The normalized spacial score (nSPS) is 13.4. The Bertz CT molecular complexity index is 1780. The fraction of sp³-hybridized carbons (Fsp3) is 0.772. The maximum Gasteiger partial charge on any atom is 0.472 e. The molecule has 0 rings (SSSR count). The predicted octanol–water partition coefficient (Wildman–Crippen LogP) is 25.1. The van der Waals surface area contributed by atoms with Gasteiger partial charge in [0.05, 0.1) is 13.2 Å². The zero-order valence-corrected chi connectivity index (χ0v) is 59.1. The van der Waals surface area contributed by atoms with E-state index in [1.54, 1.807) is 0 Å². The number of rotatable bonds is 71. The number of hydrogen-bond donors (Lipinski definition) is 2. The Morgan fingerprint density at radius 3 is 0.921 bits per heavy atom. The summed E-state index contributed by atoms with van der Waals surface area (Å²) in [6.07, 6.45) is 101. The van der Waals surface area contributed by atoms with Gasteiger partial charge in [0.15, 0.2) is 6.10 Å². The minimum Gasteiger partial charge on any atom is -0.462 e. The van der Waals surface area contributed by atoms with E-state index >= 15 is 0 Å². The van der Waals surface area contributed by atoms with E-state index < -0.39 is 26.5 Å². The first-order valence-corrected chi connectivity index (χ1v) is 39.2. The van der Waals surface area contributed by atoms with Crippen LogP contribution in [0.1, 0.15) is 361 Å². The summed E-state index contributed by atoms with van der Waals surface area (Å²) in [5, 5.41) is 0. The van der Waals surface area contributed by atoms with Gasteiger partial charge in [0, 0.05) is 19.4 Å². The van der Waals surface area contributed by atoms with E-state index in [9.17, 15) is 19.0 Å². The van der Waals surface area contributed by atoms with Crippen molar-refractivity contribution in [1.29, 1.82) is 0 Å². The summed E-state index contributed by atoms with van der Waals surface area (Å²) in [7, 11) is -4.40. The second-order valence-corrected chi connectivity index (χ2v) is 26.6. The van der Waals surface area contributed by atoms with Crippen molar-refractivity contribution < 1.29 is 37.6 Å². The molecule has 516 valence electrons. The Morgan fingerprint density at radius 2 is 0.618 bits per heavy atom. The third kappa shape index (κ3) is 73.9. The second kappa shape index (κ2) is 74.0. The average molecular weight is 1260 g/mol. The van der Waals surface area contributed by atoms with Gasteiger partial charge in [-0.05, 0) is 77.0 Å². The van der Waals surface area contributed by atoms with Crippen LogP contribution in [-0.4, -0.2) is 49.3 Å². The molecule has 0 amide bonds. The first-order chi connectivity index (χ1) is 43.8. The number of phosphoric ester groups is 1. The number of carbonyl (C=O) groups excluding carboxylic acids is 2. The van der Waals surface area contributed by atoms with Crippen molar-refractivity contribution in [3.05, 3.63) is 97.2 Å². The fourth-order valence-electron chi connectivity index (χ4n) is 11.0. The molecule has 0 aromatic carbocycles. The van der Waals surface area contributed by atoms with E-state index in [1.807, 2.05) is 0 Å². The van der Waals surface area contributed by atoms with E-state index in [0.717, 1.165) is 96.3 Å². The molecule has 0 bridgehead atoms. The van der Waals surface area contributed by atoms with Crippen molar-refractivity contribution >= 4 is 19.8 Å². The van der Waals surface area contributed by atoms with Gasteiger partial charge in [0.25, 0.3) is 0 Å². The first kappa shape index (κ1) is 85.9. The third-order valence-electron chi connectivity index (χ3n) is 16.5. The summed E-state index contributed by atoms with van der Waals surface area (Å²) < 4.78 is 33.2. The average Bonchev–Trinajstić information content (AvgIpc) is 3.66. The van der Waals surface area contributed by atoms with Crippen molar-refractivity contribution in [3.63, 3.8) is 0 Å². The summed E-state index contributed by atoms with van der Waals surface area (Å²) in [4.78, 5) is 35.4. The van der Waals surface area contributed by atoms with E-state index in [4.69, 9.17) is 24.3 Å². The van der Waals surface area contributed by atoms with Crippen LogP contribution in [-0.2, 0) is 32.7 Å². The summed E-state index contributed by atoms with van der Waals surface area (Å²) in [5.41, 5.74) is 5.41. The lowest BCUT2D eigenvalue weighted by atomic mass is 10.0. The maximum absolute atomic E-state index is 12.8. The molecule has 0 heterocycles. The van der Waals surface area contributed by atoms with Gasteiger partial charge in [-0.15, -0.1) is 0 Å². The molecular weight excluding hydrogens is 1120 g/mol. The molecule has 0 radical (unpaired) electrons. The molecule has 2 unspecified atom stereocenters. The zero-order valence-electron chi connectivity index (χ0n) is 58.2. The van der Waals surface area contributed by atoms with Gasteiger partial charge in [-0.25, -0.2) is 4.57 Å². The number of phosphoric acid groups is 1. The molecular formula is C79H142NO8P. The summed E-state index contributed by atoms with van der Waals surface area (Å²) in [6, 6.07) is 0. The second-order valence-electron chi connectivity index (χ2n) is 25.1. The number of ether oxygens (including phenoxy) is 2. The van der Waals surface area contributed by atoms with Crippen LogP contribution in [0.2, 0.25) is 0 Å². The Kier molecular flexibility index (Phi) is 71.4. The molecule has 10 heteroatoms. The van der Waals surface area contributed by atoms with Crippen molar-refractivity contribution in [3.8, 4) is 0 Å². The number of nitrogens with two attached hydrogens (primary N) is 1. The van der Waals surface area contributed by atoms with Gasteiger partial charge in [-0.1, -0.05) is 368 Å². The minimum atomic E-state index is -4.40. The lowest BCUT2D eigenvalue weighted by Gasteiger charge is -2.19. The van der Waals surface area contributed by atoms with Crippen LogP contribution in [0, 0.1) is 0 Å². The lowest BCUT2D eigenvalue weighted by Crippen LogP contribution is -2.29. The molecule has 0 aromatic heterocycles. The number of hydrogen-bond acceptors (Lipinski definition) is 8. The molecule has 0 spiro atoms. The van der Waals surface area contributed by atoms with Crippen molar-refractivity contribution in [2.75, 3.05) is 26.4 Å². The molecule has 3 N–H and O–H groups in total. The molecule has 0 fully saturated rings. The SMILES string of the molecule is CC/C=C\C/C=C\C/C=C\C/C=C\C/C=C\C/C=C\C/C=C\C/C=C\CCCCCCCCCCCCC(=O)OC(COC(=O)CCCCCCCCCCCCCCCCCCCCCCCCCCCCCCCCCCC)COP(=O)(O)OCCN. The number of carbonyl (C=O) groups is 2. The maximum atomic E-state index is 12.8. The van der Waals surface area contributed by atoms with Gasteiger partial charge >= 0.3 is 19.8 Å². The monoisotopic (exact) mass is 1260 g/mol. The van der Waals surface area contributed by atoms with Gasteiger partial charge in [-0.2, -0.15) is 0 Å². The van der Waals surface area contributed by atoms with Crippen LogP contribution < -0.4 is 5.73 Å². The van der Waals surface area contributed by atoms with Crippen LogP contribution in [0.3, 0.4) is 0 Å². The quantitative estimate of drug-likeness (QED) is 0.0264. The van der Waals surface area contributed by atoms with Crippen LogP contribution in [0.5, 0.6) is 0 Å². The standard InChI is InChI=1S/C79H142NO8P/c1-3-5-7-9-11-13-15-17-19-21-23-25-27-29-31-33-35-37-38-40-42-44-46-48-50-52-54-56-58-60-62-64-66-68-70-72-79(82)88-77(76-87-89(83,84)86-74-73-80)75-85-78(81)71-69-67-65-63-61-59-57-55-53-51-49-47-45-43-41-39-36-34-32-30-28-26-24-22-20-18-16-14-12-10-8-6-4-2/h5,7,11,13,17,19,23,25,29,31,35,37,40,42,46,48,77H,3-4,6,8-10,12,14-16,18,20-22,24,26-28,30,32-34,36,38-39,41,43-45,47,49-76,80H2,1-2H3,(H,83,84)/b7-5-,13-11-,19-17-,25-23-,31-29-,37-35-,42-40-,48-46-. The van der Waals surface area contributed by atoms with E-state index in [1.165, 1.54) is 231 Å². The van der Waals surface area contributed by atoms with Crippen LogP contribution >= 0.6 is 7.82 Å². The highest BCUT2D eigenvalue weighted by Gasteiger charge is 2.26. The highest BCUT2D eigenvalue weighted by atomic mass is 31.2. The Hall–Kier alpha value is -3.07. The lowest BCUT2D eigenvalue weighted by molar-refractivity contribution is -0.161. The fourth-order valence-corrected chi connectivity index (χ4v) is 11.7. The molecule has 9 nitrogen and oxygen atoms in total. The van der Waals surface area contributed by atoms with Crippen molar-refractivity contribution in [2.24, 2.45) is 5.73 Å². The summed E-state index contributed by atoms with van der Waals surface area (Å²) in [5.74, 6) is -0.821. The molecule has 0 saturated heterocycles. The molecule has 89 heavy (non-hydrogen) atoms. The molecule has 0 aliphatic rings. The largest absolute Gasteiger partial charge is 0.472 e. The van der Waals surface area contributed by atoms with Gasteiger partial charge in [-0.3, -0.25) is 18.6 Å². The van der Waals surface area contributed by atoms with E-state index in [2.05, 4.69) is 111 Å². The highest BCUT2D eigenvalue weighted by Crippen LogP contribution is 2.43. The van der Waals surface area contributed by atoms with Crippen molar-refractivity contribution in [1.82, 2.24) is 0 Å². The van der Waals surface area contributed by atoms with E-state index in [0.29, 0.717) is 6.42 Å². The topological polar surface area (TPSA) is 134 Å². The highest BCUT2D eigenvalue weighted by molar-refractivity contribution is 7.47. The molecule has 0 aliphatic heterocycles. The Balaban J connectivity index is 3.86. The number of esters is 2. The van der Waals surface area contributed by atoms with Gasteiger partial charge in [0.2, 0.25) is 0 Å². The zero-order chi connectivity index (χ0) is 64.4. The molecule has 0 aromatic rings. The predicted molar refractivity (Wildman–Crippen MR) is 385 cm³/mol.